The molecule has 0 atom stereocenters. The normalized spacial score (nSPS) is 12.7. The summed E-state index contributed by atoms with van der Waals surface area (Å²) in [5.74, 6) is 0. The Hall–Kier alpha value is -1.68. The van der Waals surface area contributed by atoms with Crippen molar-refractivity contribution in [3.05, 3.63) is 83.3 Å². The molecule has 4 aromatic rings. The van der Waals surface area contributed by atoms with Crippen LogP contribution in [0.4, 0.5) is 0 Å². The summed E-state index contributed by atoms with van der Waals surface area (Å²) in [6.45, 7) is 0. The van der Waals surface area contributed by atoms with Crippen LogP contribution < -0.4 is 0 Å². The molecule has 0 amide bonds. The minimum Gasteiger partial charge on any atom is -0.0877 e. The lowest BCUT2D eigenvalue weighted by Gasteiger charge is -2.19. The number of hydrogen-bond acceptors (Lipinski definition) is 2. The second kappa shape index (κ2) is 6.24. The predicted octanol–water partition coefficient (Wildman–Crippen LogP) is 7.89. The fourth-order valence-corrected chi connectivity index (χ4v) is 5.89. The maximum atomic E-state index is 3.57. The van der Waals surface area contributed by atoms with Gasteiger partial charge >= 0.3 is 0 Å². The smallest absolute Gasteiger partial charge is 0.0273 e. The van der Waals surface area contributed by atoms with Crippen LogP contribution >= 0.6 is 39.5 Å². The van der Waals surface area contributed by atoms with Gasteiger partial charge in [0.25, 0.3) is 0 Å². The van der Waals surface area contributed by atoms with Crippen molar-refractivity contribution in [1.29, 1.82) is 0 Å². The van der Waals surface area contributed by atoms with E-state index >= 15 is 0 Å². The van der Waals surface area contributed by atoms with E-state index in [0.717, 1.165) is 4.47 Å². The summed E-state index contributed by atoms with van der Waals surface area (Å²) >= 11 is 7.28. The first kappa shape index (κ1) is 15.6. The molecule has 5 rings (SSSR count). The zero-order valence-electron chi connectivity index (χ0n) is 13.2. The molecule has 0 spiro atoms. The lowest BCUT2D eigenvalue weighted by molar-refractivity contribution is 1.15. The van der Waals surface area contributed by atoms with Gasteiger partial charge in [0.05, 0.1) is 0 Å². The van der Waals surface area contributed by atoms with Crippen LogP contribution in [0.2, 0.25) is 0 Å². The fraction of sp³-hybridized carbons (Fsp3) is 0. The number of hydrogen-bond donors (Lipinski definition) is 0. The van der Waals surface area contributed by atoms with Crippen LogP contribution in [0.15, 0.2) is 103 Å². The Morgan fingerprint density at radius 3 is 2.00 bits per heavy atom. The van der Waals surface area contributed by atoms with Crippen molar-refractivity contribution in [3.8, 4) is 11.1 Å². The van der Waals surface area contributed by atoms with E-state index in [9.17, 15) is 0 Å². The summed E-state index contributed by atoms with van der Waals surface area (Å²) in [5, 5.41) is 2.57. The average Bonchev–Trinajstić information content (AvgIpc) is 2.65. The van der Waals surface area contributed by atoms with E-state index in [1.165, 1.54) is 41.5 Å². The highest BCUT2D eigenvalue weighted by atomic mass is 79.9. The van der Waals surface area contributed by atoms with Crippen LogP contribution in [0.3, 0.4) is 0 Å². The molecule has 0 aliphatic carbocycles. The molecule has 25 heavy (non-hydrogen) atoms. The van der Waals surface area contributed by atoms with Crippen LogP contribution in [0, 0.1) is 0 Å². The SMILES string of the molecule is Brc1ccc2c(c1)Sc1ccc(-c3ccc4ccccc4c3)cc1S2. The maximum Gasteiger partial charge on any atom is 0.0273 e. The van der Waals surface area contributed by atoms with Gasteiger partial charge in [-0.3, -0.25) is 0 Å². The third-order valence-corrected chi connectivity index (χ3v) is 7.39. The van der Waals surface area contributed by atoms with E-state index in [0.29, 0.717) is 0 Å². The van der Waals surface area contributed by atoms with Gasteiger partial charge in [-0.15, -0.1) is 0 Å². The summed E-state index contributed by atoms with van der Waals surface area (Å²) in [6, 6.07) is 28.6. The largest absolute Gasteiger partial charge is 0.0877 e. The van der Waals surface area contributed by atoms with Crippen molar-refractivity contribution in [2.75, 3.05) is 0 Å². The molecule has 0 aromatic heterocycles. The maximum absolute atomic E-state index is 3.57. The molecule has 0 saturated carbocycles. The van der Waals surface area contributed by atoms with Crippen molar-refractivity contribution in [3.63, 3.8) is 0 Å². The third-order valence-electron chi connectivity index (χ3n) is 4.37. The summed E-state index contributed by atoms with van der Waals surface area (Å²) in [4.78, 5) is 5.33. The Labute approximate surface area is 163 Å². The lowest BCUT2D eigenvalue weighted by atomic mass is 10.0. The van der Waals surface area contributed by atoms with Gasteiger partial charge in [-0.05, 0) is 58.3 Å². The van der Waals surface area contributed by atoms with Crippen LogP contribution in [0.1, 0.15) is 0 Å². The monoisotopic (exact) mass is 420 g/mol. The fourth-order valence-electron chi connectivity index (χ4n) is 3.10. The quantitative estimate of drug-likeness (QED) is 0.270. The highest BCUT2D eigenvalue weighted by Gasteiger charge is 2.17. The van der Waals surface area contributed by atoms with Crippen molar-refractivity contribution >= 4 is 50.2 Å². The zero-order chi connectivity index (χ0) is 16.8. The van der Waals surface area contributed by atoms with E-state index in [1.807, 2.05) is 23.5 Å². The van der Waals surface area contributed by atoms with Crippen molar-refractivity contribution in [2.45, 2.75) is 19.6 Å². The molecule has 120 valence electrons. The second-order valence-corrected chi connectivity index (χ2v) is 9.10. The minimum absolute atomic E-state index is 1.13. The minimum atomic E-state index is 1.13. The van der Waals surface area contributed by atoms with Crippen LogP contribution in [-0.2, 0) is 0 Å². The first-order valence-electron chi connectivity index (χ1n) is 8.05. The highest BCUT2D eigenvalue weighted by molar-refractivity contribution is 9.10. The molecule has 1 aliphatic rings. The molecule has 0 radical (unpaired) electrons. The first-order chi connectivity index (χ1) is 12.3. The summed E-state index contributed by atoms with van der Waals surface area (Å²) < 4.78 is 1.13. The van der Waals surface area contributed by atoms with E-state index in [2.05, 4.69) is 94.8 Å². The first-order valence-corrected chi connectivity index (χ1v) is 10.5. The molecule has 3 heteroatoms. The van der Waals surface area contributed by atoms with Gasteiger partial charge in [0.1, 0.15) is 0 Å². The van der Waals surface area contributed by atoms with E-state index in [-0.39, 0.29) is 0 Å². The molecule has 0 bridgehead atoms. The Balaban J connectivity index is 1.56. The van der Waals surface area contributed by atoms with Gasteiger partial charge in [0.2, 0.25) is 0 Å². The van der Waals surface area contributed by atoms with Gasteiger partial charge < -0.3 is 0 Å². The summed E-state index contributed by atoms with van der Waals surface area (Å²) in [6.07, 6.45) is 0. The molecule has 0 fully saturated rings. The van der Waals surface area contributed by atoms with Gasteiger partial charge in [-0.25, -0.2) is 0 Å². The van der Waals surface area contributed by atoms with E-state index < -0.39 is 0 Å². The standard InChI is InChI=1S/C22H13BrS2/c23-18-8-10-20-22(13-18)25-19-9-7-17(12-21(19)24-20)16-6-5-14-3-1-2-4-15(14)11-16/h1-13H. The Kier molecular flexibility index (Phi) is 3.89. The summed E-state index contributed by atoms with van der Waals surface area (Å²) in [7, 11) is 0. The Morgan fingerprint density at radius 1 is 0.520 bits per heavy atom. The predicted molar refractivity (Wildman–Crippen MR) is 112 cm³/mol. The molecular weight excluding hydrogens is 408 g/mol. The molecule has 0 nitrogen and oxygen atoms in total. The zero-order valence-corrected chi connectivity index (χ0v) is 16.4. The van der Waals surface area contributed by atoms with Gasteiger partial charge in [0.15, 0.2) is 0 Å². The Morgan fingerprint density at radius 2 is 1.16 bits per heavy atom. The molecule has 1 aliphatic heterocycles. The number of fused-ring (bicyclic) bond motifs is 3. The van der Waals surface area contributed by atoms with E-state index in [4.69, 9.17) is 0 Å². The van der Waals surface area contributed by atoms with Gasteiger partial charge in [-0.2, -0.15) is 0 Å². The van der Waals surface area contributed by atoms with Crippen molar-refractivity contribution in [2.24, 2.45) is 0 Å². The molecule has 0 unspecified atom stereocenters. The summed E-state index contributed by atoms with van der Waals surface area (Å²) in [5.41, 5.74) is 2.55. The number of halogens is 1. The van der Waals surface area contributed by atoms with Crippen LogP contribution in [0.5, 0.6) is 0 Å². The van der Waals surface area contributed by atoms with Crippen molar-refractivity contribution in [1.82, 2.24) is 0 Å². The van der Waals surface area contributed by atoms with Gasteiger partial charge in [-0.1, -0.05) is 81.9 Å². The molecule has 4 aromatic carbocycles. The number of rotatable bonds is 1. The van der Waals surface area contributed by atoms with Crippen LogP contribution in [0.25, 0.3) is 21.9 Å². The highest BCUT2D eigenvalue weighted by Crippen LogP contribution is 2.50. The molecule has 1 heterocycles. The topological polar surface area (TPSA) is 0 Å². The average molecular weight is 421 g/mol. The Bertz CT molecular complexity index is 1120. The molecule has 0 N–H and O–H groups in total. The lowest BCUT2D eigenvalue weighted by Crippen LogP contribution is -1.90. The van der Waals surface area contributed by atoms with E-state index in [1.54, 1.807) is 0 Å². The third kappa shape index (κ3) is 2.91. The van der Waals surface area contributed by atoms with Crippen molar-refractivity contribution < 1.29 is 0 Å². The second-order valence-electron chi connectivity index (χ2n) is 6.02. The van der Waals surface area contributed by atoms with Crippen LogP contribution in [-0.4, -0.2) is 0 Å². The molecule has 0 saturated heterocycles. The molecular formula is C22H13BrS2. The number of benzene rings is 4. The van der Waals surface area contributed by atoms with Gasteiger partial charge in [0, 0.05) is 24.1 Å².